The highest BCUT2D eigenvalue weighted by atomic mass is 19.4. The van der Waals surface area contributed by atoms with Crippen molar-refractivity contribution in [2.75, 3.05) is 13.2 Å². The molecule has 27 heavy (non-hydrogen) atoms. The molecule has 0 aromatic heterocycles. The van der Waals surface area contributed by atoms with Crippen molar-refractivity contribution in [2.24, 2.45) is 0 Å². The molecule has 150 valence electrons. The third-order valence-electron chi connectivity index (χ3n) is 5.74. The van der Waals surface area contributed by atoms with Gasteiger partial charge in [0.15, 0.2) is 0 Å². The van der Waals surface area contributed by atoms with Crippen LogP contribution in [0.1, 0.15) is 62.0 Å². The highest BCUT2D eigenvalue weighted by Gasteiger charge is 2.41. The van der Waals surface area contributed by atoms with E-state index in [2.05, 4.69) is 5.32 Å². The third-order valence-corrected chi connectivity index (χ3v) is 5.74. The molecule has 1 aromatic carbocycles. The SMILES string of the molecule is O=C(N[C@@H]1CCCCC[C@@H]1c1ccccc1C(F)(F)F)C1(O)CCOCC1. The normalized spacial score (nSPS) is 26.2. The summed E-state index contributed by atoms with van der Waals surface area (Å²) in [5, 5.41) is 13.5. The lowest BCUT2D eigenvalue weighted by Gasteiger charge is -2.35. The van der Waals surface area contributed by atoms with Gasteiger partial charge in [-0.05, 0) is 24.5 Å². The minimum Gasteiger partial charge on any atom is -0.381 e. The summed E-state index contributed by atoms with van der Waals surface area (Å²) in [4.78, 5) is 12.7. The quantitative estimate of drug-likeness (QED) is 0.779. The largest absolute Gasteiger partial charge is 0.416 e. The van der Waals surface area contributed by atoms with E-state index in [9.17, 15) is 23.1 Å². The molecule has 2 atom stereocenters. The summed E-state index contributed by atoms with van der Waals surface area (Å²) < 4.78 is 45.7. The van der Waals surface area contributed by atoms with Crippen molar-refractivity contribution in [3.8, 4) is 0 Å². The monoisotopic (exact) mass is 385 g/mol. The highest BCUT2D eigenvalue weighted by molar-refractivity contribution is 5.85. The van der Waals surface area contributed by atoms with E-state index in [4.69, 9.17) is 4.74 Å². The zero-order chi connectivity index (χ0) is 19.5. The molecule has 0 radical (unpaired) electrons. The van der Waals surface area contributed by atoms with Gasteiger partial charge in [0.2, 0.25) is 0 Å². The van der Waals surface area contributed by atoms with Gasteiger partial charge in [0.1, 0.15) is 5.60 Å². The van der Waals surface area contributed by atoms with Gasteiger partial charge in [-0.3, -0.25) is 4.79 Å². The van der Waals surface area contributed by atoms with Crippen molar-refractivity contribution < 1.29 is 27.8 Å². The number of carbonyl (C=O) groups excluding carboxylic acids is 1. The Morgan fingerprint density at radius 2 is 1.78 bits per heavy atom. The molecule has 0 spiro atoms. The Bertz CT molecular complexity index is 656. The number of alkyl halides is 3. The number of amides is 1. The van der Waals surface area contributed by atoms with Crippen LogP contribution in [0.2, 0.25) is 0 Å². The molecule has 4 nitrogen and oxygen atoms in total. The summed E-state index contributed by atoms with van der Waals surface area (Å²) in [5.74, 6) is -0.912. The van der Waals surface area contributed by atoms with Crippen LogP contribution in [0.15, 0.2) is 24.3 Å². The molecule has 1 aliphatic heterocycles. The van der Waals surface area contributed by atoms with Crippen LogP contribution >= 0.6 is 0 Å². The van der Waals surface area contributed by atoms with Crippen molar-refractivity contribution in [3.63, 3.8) is 0 Å². The predicted octanol–water partition coefficient (Wildman–Crippen LogP) is 3.78. The molecule has 1 amide bonds. The summed E-state index contributed by atoms with van der Waals surface area (Å²) >= 11 is 0. The fraction of sp³-hybridized carbons (Fsp3) is 0.650. The van der Waals surface area contributed by atoms with Crippen molar-refractivity contribution >= 4 is 5.91 Å². The first kappa shape index (κ1) is 20.1. The van der Waals surface area contributed by atoms with Gasteiger partial charge in [0.05, 0.1) is 5.56 Å². The topological polar surface area (TPSA) is 58.6 Å². The Balaban J connectivity index is 1.86. The first-order chi connectivity index (χ1) is 12.8. The second kappa shape index (κ2) is 8.19. The fourth-order valence-electron chi connectivity index (χ4n) is 4.17. The van der Waals surface area contributed by atoms with Crippen LogP contribution in [0, 0.1) is 0 Å². The first-order valence-electron chi connectivity index (χ1n) is 9.58. The summed E-state index contributed by atoms with van der Waals surface area (Å²) in [7, 11) is 0. The molecule has 2 aliphatic rings. The van der Waals surface area contributed by atoms with Crippen molar-refractivity contribution in [1.82, 2.24) is 5.32 Å². The molecule has 0 unspecified atom stereocenters. The van der Waals surface area contributed by atoms with E-state index < -0.39 is 35.2 Å². The van der Waals surface area contributed by atoms with Crippen LogP contribution in [0.3, 0.4) is 0 Å². The molecule has 1 saturated heterocycles. The second-order valence-electron chi connectivity index (χ2n) is 7.55. The molecular formula is C20H26F3NO3. The van der Waals surface area contributed by atoms with Crippen molar-refractivity contribution in [2.45, 2.75) is 68.7 Å². The van der Waals surface area contributed by atoms with Crippen LogP contribution in [0.5, 0.6) is 0 Å². The maximum absolute atomic E-state index is 13.5. The lowest BCUT2D eigenvalue weighted by molar-refractivity contribution is -0.150. The molecule has 2 fully saturated rings. The lowest BCUT2D eigenvalue weighted by Crippen LogP contribution is -2.54. The van der Waals surface area contributed by atoms with Gasteiger partial charge in [-0.15, -0.1) is 0 Å². The summed E-state index contributed by atoms with van der Waals surface area (Å²) in [6.45, 7) is 0.601. The van der Waals surface area contributed by atoms with E-state index in [-0.39, 0.29) is 18.4 Å². The van der Waals surface area contributed by atoms with E-state index in [0.29, 0.717) is 26.1 Å². The molecule has 1 aromatic rings. The van der Waals surface area contributed by atoms with Gasteiger partial charge in [-0.2, -0.15) is 13.2 Å². The number of aliphatic hydroxyl groups is 1. The Morgan fingerprint density at radius 3 is 2.48 bits per heavy atom. The molecular weight excluding hydrogens is 359 g/mol. The molecule has 1 saturated carbocycles. The summed E-state index contributed by atoms with van der Waals surface area (Å²) in [6, 6.07) is 5.20. The van der Waals surface area contributed by atoms with Crippen LogP contribution < -0.4 is 5.32 Å². The maximum atomic E-state index is 13.5. The maximum Gasteiger partial charge on any atom is 0.416 e. The van der Waals surface area contributed by atoms with Gasteiger partial charge >= 0.3 is 6.18 Å². The Hall–Kier alpha value is -1.60. The lowest BCUT2D eigenvalue weighted by atomic mass is 9.83. The van der Waals surface area contributed by atoms with Crippen LogP contribution in [-0.2, 0) is 15.7 Å². The van der Waals surface area contributed by atoms with Crippen molar-refractivity contribution in [1.29, 1.82) is 0 Å². The van der Waals surface area contributed by atoms with Crippen LogP contribution in [-0.4, -0.2) is 35.9 Å². The molecule has 7 heteroatoms. The van der Waals surface area contributed by atoms with E-state index in [1.54, 1.807) is 6.07 Å². The minimum absolute atomic E-state index is 0.204. The Labute approximate surface area is 157 Å². The first-order valence-corrected chi connectivity index (χ1v) is 9.58. The third kappa shape index (κ3) is 4.63. The predicted molar refractivity (Wildman–Crippen MR) is 94.2 cm³/mol. The van der Waals surface area contributed by atoms with Crippen molar-refractivity contribution in [3.05, 3.63) is 35.4 Å². The summed E-state index contributed by atoms with van der Waals surface area (Å²) in [6.07, 6.45) is -0.247. The molecule has 1 aliphatic carbocycles. The number of nitrogens with one attached hydrogen (secondary N) is 1. The smallest absolute Gasteiger partial charge is 0.381 e. The number of rotatable bonds is 3. The Kier molecular flexibility index (Phi) is 6.11. The van der Waals surface area contributed by atoms with Crippen LogP contribution in [0.25, 0.3) is 0 Å². The average Bonchev–Trinajstić information content (AvgIpc) is 2.87. The molecule has 0 bridgehead atoms. The zero-order valence-corrected chi connectivity index (χ0v) is 15.2. The molecule has 3 rings (SSSR count). The van der Waals surface area contributed by atoms with Gasteiger partial charge in [-0.25, -0.2) is 0 Å². The van der Waals surface area contributed by atoms with Gasteiger partial charge < -0.3 is 15.2 Å². The standard InChI is InChI=1S/C20H26F3NO3/c21-20(22,23)16-8-5-4-6-14(16)15-7-2-1-3-9-17(15)24-18(25)19(26)10-12-27-13-11-19/h4-6,8,15,17,26H,1-3,7,9-13H2,(H,24,25)/t15-,17-/m1/s1. The number of hydrogen-bond acceptors (Lipinski definition) is 3. The summed E-state index contributed by atoms with van der Waals surface area (Å²) in [5.41, 5.74) is -1.91. The minimum atomic E-state index is -4.43. The zero-order valence-electron chi connectivity index (χ0n) is 15.2. The number of ether oxygens (including phenoxy) is 1. The van der Waals surface area contributed by atoms with E-state index in [1.165, 1.54) is 12.1 Å². The number of carbonyl (C=O) groups is 1. The van der Waals surface area contributed by atoms with Gasteiger partial charge in [-0.1, -0.05) is 37.5 Å². The average molecular weight is 385 g/mol. The molecule has 2 N–H and O–H groups in total. The van der Waals surface area contributed by atoms with E-state index in [1.807, 2.05) is 0 Å². The molecule has 1 heterocycles. The number of benzene rings is 1. The van der Waals surface area contributed by atoms with E-state index in [0.717, 1.165) is 25.3 Å². The van der Waals surface area contributed by atoms with Crippen LogP contribution in [0.4, 0.5) is 13.2 Å². The number of hydrogen-bond donors (Lipinski definition) is 2. The fourth-order valence-corrected chi connectivity index (χ4v) is 4.17. The van der Waals surface area contributed by atoms with Gasteiger partial charge in [0.25, 0.3) is 5.91 Å². The van der Waals surface area contributed by atoms with E-state index >= 15 is 0 Å². The highest BCUT2D eigenvalue weighted by Crippen LogP contribution is 2.40. The van der Waals surface area contributed by atoms with Gasteiger partial charge in [0, 0.05) is 38.0 Å². The second-order valence-corrected chi connectivity index (χ2v) is 7.55. The number of halogens is 3. The Morgan fingerprint density at radius 1 is 1.11 bits per heavy atom.